The van der Waals surface area contributed by atoms with E-state index in [1.54, 1.807) is 30.3 Å². The molecule has 4 rings (SSSR count). The molecule has 1 aliphatic rings. The summed E-state index contributed by atoms with van der Waals surface area (Å²) in [5.41, 5.74) is 1.56. The van der Waals surface area contributed by atoms with E-state index in [0.717, 1.165) is 5.56 Å². The van der Waals surface area contributed by atoms with Gasteiger partial charge < -0.3 is 9.32 Å². The Morgan fingerprint density at radius 3 is 2.65 bits per heavy atom. The first-order chi connectivity index (χ1) is 12.5. The topological polar surface area (TPSA) is 50.5 Å². The van der Waals surface area contributed by atoms with E-state index in [0.29, 0.717) is 29.5 Å². The minimum Gasteiger partial charge on any atom is -0.450 e. The standard InChI is InChI=1S/C21H18FNO3/c1-3-10-23-18(13-6-4-5-7-15(13)22)17-19(24)14-11-12(2)8-9-16(14)26-20(17)21(23)25/h4-9,11,18H,3,10H2,1-2H3/t18-/m0/s1. The number of amides is 1. The molecule has 2 heterocycles. The molecule has 132 valence electrons. The number of carbonyl (C=O) groups excluding carboxylic acids is 1. The molecule has 5 heteroatoms. The maximum atomic E-state index is 14.5. The van der Waals surface area contributed by atoms with Crippen molar-refractivity contribution >= 4 is 16.9 Å². The summed E-state index contributed by atoms with van der Waals surface area (Å²) in [5.74, 6) is -0.786. The molecule has 3 aromatic rings. The zero-order chi connectivity index (χ0) is 18.4. The van der Waals surface area contributed by atoms with E-state index in [4.69, 9.17) is 4.42 Å². The number of hydrogen-bond donors (Lipinski definition) is 0. The highest BCUT2D eigenvalue weighted by atomic mass is 19.1. The molecule has 0 N–H and O–H groups in total. The lowest BCUT2D eigenvalue weighted by molar-refractivity contribution is 0.0726. The summed E-state index contributed by atoms with van der Waals surface area (Å²) in [7, 11) is 0. The summed E-state index contributed by atoms with van der Waals surface area (Å²) in [5, 5.41) is 0.413. The zero-order valence-electron chi connectivity index (χ0n) is 14.6. The summed E-state index contributed by atoms with van der Waals surface area (Å²) in [4.78, 5) is 27.6. The number of carbonyl (C=O) groups is 1. The Bertz CT molecular complexity index is 1090. The lowest BCUT2D eigenvalue weighted by Gasteiger charge is -2.24. The van der Waals surface area contributed by atoms with Crippen molar-refractivity contribution in [2.45, 2.75) is 26.3 Å². The van der Waals surface area contributed by atoms with Crippen LogP contribution in [0.2, 0.25) is 0 Å². The van der Waals surface area contributed by atoms with Crippen molar-refractivity contribution in [3.8, 4) is 0 Å². The first-order valence-electron chi connectivity index (χ1n) is 8.65. The third-order valence-electron chi connectivity index (χ3n) is 4.79. The predicted molar refractivity (Wildman–Crippen MR) is 96.8 cm³/mol. The van der Waals surface area contributed by atoms with Crippen LogP contribution in [0.5, 0.6) is 0 Å². The monoisotopic (exact) mass is 351 g/mol. The van der Waals surface area contributed by atoms with Gasteiger partial charge in [0.15, 0.2) is 5.43 Å². The number of aryl methyl sites for hydroxylation is 1. The van der Waals surface area contributed by atoms with Crippen LogP contribution in [-0.4, -0.2) is 17.4 Å². The van der Waals surface area contributed by atoms with Crippen LogP contribution in [0.3, 0.4) is 0 Å². The van der Waals surface area contributed by atoms with E-state index < -0.39 is 11.9 Å². The van der Waals surface area contributed by atoms with Crippen molar-refractivity contribution in [1.82, 2.24) is 4.90 Å². The van der Waals surface area contributed by atoms with E-state index in [2.05, 4.69) is 0 Å². The van der Waals surface area contributed by atoms with Crippen LogP contribution in [0.15, 0.2) is 51.7 Å². The molecule has 2 aromatic carbocycles. The summed E-state index contributed by atoms with van der Waals surface area (Å²) < 4.78 is 20.3. The fraction of sp³-hybridized carbons (Fsp3) is 0.238. The van der Waals surface area contributed by atoms with Crippen LogP contribution in [-0.2, 0) is 0 Å². The van der Waals surface area contributed by atoms with Crippen molar-refractivity contribution in [1.29, 1.82) is 0 Å². The lowest BCUT2D eigenvalue weighted by atomic mass is 9.97. The van der Waals surface area contributed by atoms with Crippen LogP contribution in [0.4, 0.5) is 4.39 Å². The number of halogens is 1. The molecule has 1 aromatic heterocycles. The van der Waals surface area contributed by atoms with Crippen molar-refractivity contribution < 1.29 is 13.6 Å². The van der Waals surface area contributed by atoms with Gasteiger partial charge in [0.05, 0.1) is 17.0 Å². The molecular formula is C21H18FNO3. The summed E-state index contributed by atoms with van der Waals surface area (Å²) >= 11 is 0. The van der Waals surface area contributed by atoms with Crippen molar-refractivity contribution in [3.05, 3.63) is 81.0 Å². The van der Waals surface area contributed by atoms with Gasteiger partial charge in [0.25, 0.3) is 5.91 Å². The van der Waals surface area contributed by atoms with Gasteiger partial charge >= 0.3 is 0 Å². The molecule has 0 aliphatic carbocycles. The molecule has 26 heavy (non-hydrogen) atoms. The zero-order valence-corrected chi connectivity index (χ0v) is 14.6. The number of hydrogen-bond acceptors (Lipinski definition) is 3. The SMILES string of the molecule is CCCN1C(=O)c2oc3ccc(C)cc3c(=O)c2[C@@H]1c1ccccc1F. The summed E-state index contributed by atoms with van der Waals surface area (Å²) in [6.45, 7) is 4.23. The van der Waals surface area contributed by atoms with Crippen LogP contribution >= 0.6 is 0 Å². The van der Waals surface area contributed by atoms with Crippen LogP contribution in [0.25, 0.3) is 11.0 Å². The van der Waals surface area contributed by atoms with Gasteiger partial charge in [-0.1, -0.05) is 36.8 Å². The smallest absolute Gasteiger partial charge is 0.290 e. The Morgan fingerprint density at radius 1 is 1.15 bits per heavy atom. The second-order valence-electron chi connectivity index (χ2n) is 6.60. The normalized spacial score (nSPS) is 16.3. The quantitative estimate of drug-likeness (QED) is 0.711. The summed E-state index contributed by atoms with van der Waals surface area (Å²) in [6, 6.07) is 10.8. The molecule has 0 saturated heterocycles. The molecule has 0 bridgehead atoms. The van der Waals surface area contributed by atoms with Crippen LogP contribution in [0.1, 0.15) is 46.6 Å². The largest absolute Gasteiger partial charge is 0.450 e. The van der Waals surface area contributed by atoms with Crippen molar-refractivity contribution in [2.24, 2.45) is 0 Å². The second kappa shape index (κ2) is 6.09. The molecule has 4 nitrogen and oxygen atoms in total. The van der Waals surface area contributed by atoms with Gasteiger partial charge in [-0.2, -0.15) is 0 Å². The minimum absolute atomic E-state index is 0.0213. The molecule has 0 saturated carbocycles. The Hall–Kier alpha value is -2.95. The predicted octanol–water partition coefficient (Wildman–Crippen LogP) is 4.20. The Balaban J connectivity index is 2.05. The molecule has 1 amide bonds. The van der Waals surface area contributed by atoms with Gasteiger partial charge in [0, 0.05) is 12.1 Å². The molecule has 0 unspecified atom stereocenters. The van der Waals surface area contributed by atoms with E-state index in [-0.39, 0.29) is 22.7 Å². The van der Waals surface area contributed by atoms with Crippen LogP contribution in [0, 0.1) is 12.7 Å². The highest BCUT2D eigenvalue weighted by Crippen LogP contribution is 2.39. The molecule has 1 aliphatic heterocycles. The molecule has 0 radical (unpaired) electrons. The third-order valence-corrected chi connectivity index (χ3v) is 4.79. The fourth-order valence-corrected chi connectivity index (χ4v) is 3.63. The minimum atomic E-state index is -0.764. The van der Waals surface area contributed by atoms with Gasteiger partial charge in [-0.15, -0.1) is 0 Å². The fourth-order valence-electron chi connectivity index (χ4n) is 3.63. The second-order valence-corrected chi connectivity index (χ2v) is 6.60. The van der Waals surface area contributed by atoms with Gasteiger partial charge in [-0.05, 0) is 31.5 Å². The van der Waals surface area contributed by atoms with Crippen molar-refractivity contribution in [3.63, 3.8) is 0 Å². The Kier molecular flexibility index (Phi) is 3.87. The average molecular weight is 351 g/mol. The number of fused-ring (bicyclic) bond motifs is 2. The van der Waals surface area contributed by atoms with E-state index >= 15 is 0 Å². The van der Waals surface area contributed by atoms with Gasteiger partial charge in [0.1, 0.15) is 11.4 Å². The third kappa shape index (κ3) is 2.35. The first kappa shape index (κ1) is 16.5. The maximum absolute atomic E-state index is 14.5. The highest BCUT2D eigenvalue weighted by molar-refractivity contribution is 5.99. The number of benzene rings is 2. The molecule has 0 spiro atoms. The molecule has 0 fully saturated rings. The Morgan fingerprint density at radius 2 is 1.92 bits per heavy atom. The average Bonchev–Trinajstić information content (AvgIpc) is 2.89. The maximum Gasteiger partial charge on any atom is 0.290 e. The van der Waals surface area contributed by atoms with Crippen molar-refractivity contribution in [2.75, 3.05) is 6.54 Å². The highest BCUT2D eigenvalue weighted by Gasteiger charge is 2.43. The van der Waals surface area contributed by atoms with E-state index in [1.165, 1.54) is 11.0 Å². The van der Waals surface area contributed by atoms with Gasteiger partial charge in [-0.25, -0.2) is 4.39 Å². The van der Waals surface area contributed by atoms with Gasteiger partial charge in [0.2, 0.25) is 5.76 Å². The van der Waals surface area contributed by atoms with Crippen LogP contribution < -0.4 is 5.43 Å². The lowest BCUT2D eigenvalue weighted by Crippen LogP contribution is -2.30. The number of nitrogens with zero attached hydrogens (tertiary/aromatic N) is 1. The first-order valence-corrected chi connectivity index (χ1v) is 8.65. The van der Waals surface area contributed by atoms with E-state index in [1.807, 2.05) is 19.9 Å². The number of rotatable bonds is 3. The summed E-state index contributed by atoms with van der Waals surface area (Å²) in [6.07, 6.45) is 0.692. The van der Waals surface area contributed by atoms with Gasteiger partial charge in [-0.3, -0.25) is 9.59 Å². The molecule has 1 atom stereocenters. The Labute approximate surface area is 149 Å². The van der Waals surface area contributed by atoms with E-state index in [9.17, 15) is 14.0 Å². The molecular weight excluding hydrogens is 333 g/mol.